The molecule has 1 N–H and O–H groups in total. The monoisotopic (exact) mass is 253 g/mol. The smallest absolute Gasteiger partial charge is 0.123 e. The molecule has 4 heteroatoms. The van der Waals surface area contributed by atoms with E-state index in [0.717, 1.165) is 11.3 Å². The highest BCUT2D eigenvalue weighted by Crippen LogP contribution is 2.19. The van der Waals surface area contributed by atoms with Crippen LogP contribution >= 0.6 is 11.6 Å². The van der Waals surface area contributed by atoms with E-state index in [4.69, 9.17) is 16.0 Å². The number of nitrogens with one attached hydrogen (secondary N) is 1. The molecule has 17 heavy (non-hydrogen) atoms. The molecule has 1 atom stereocenters. The molecule has 2 aromatic rings. The first-order valence-electron chi connectivity index (χ1n) is 5.37. The molecule has 0 saturated heterocycles. The third kappa shape index (κ3) is 3.08. The zero-order valence-electron chi connectivity index (χ0n) is 9.41. The minimum absolute atomic E-state index is 0.0596. The van der Waals surface area contributed by atoms with Gasteiger partial charge in [-0.1, -0.05) is 11.6 Å². The van der Waals surface area contributed by atoms with Gasteiger partial charge in [-0.15, -0.1) is 0 Å². The topological polar surface area (TPSA) is 25.2 Å². The Morgan fingerprint density at radius 2 is 2.24 bits per heavy atom. The molecule has 0 aliphatic rings. The molecule has 0 unspecified atom stereocenters. The summed E-state index contributed by atoms with van der Waals surface area (Å²) in [6.07, 6.45) is 1.63. The zero-order chi connectivity index (χ0) is 12.3. The minimum atomic E-state index is -0.281. The Labute approximate surface area is 104 Å². The fraction of sp³-hybridized carbons (Fsp3) is 0.231. The van der Waals surface area contributed by atoms with E-state index in [1.807, 2.05) is 19.1 Å². The Hall–Kier alpha value is -1.32. The molecule has 90 valence electrons. The highest BCUT2D eigenvalue weighted by Gasteiger charge is 2.09. The Kier molecular flexibility index (Phi) is 3.82. The van der Waals surface area contributed by atoms with Crippen molar-refractivity contribution in [1.82, 2.24) is 5.32 Å². The van der Waals surface area contributed by atoms with Gasteiger partial charge in [0.2, 0.25) is 0 Å². The maximum absolute atomic E-state index is 13.0. The van der Waals surface area contributed by atoms with Crippen molar-refractivity contribution in [2.75, 3.05) is 0 Å². The second-order valence-corrected chi connectivity index (χ2v) is 4.26. The molecule has 2 rings (SSSR count). The van der Waals surface area contributed by atoms with Gasteiger partial charge in [0.15, 0.2) is 0 Å². The summed E-state index contributed by atoms with van der Waals surface area (Å²) in [4.78, 5) is 0. The van der Waals surface area contributed by atoms with Gasteiger partial charge in [-0.25, -0.2) is 4.39 Å². The first kappa shape index (κ1) is 12.1. The number of hydrogen-bond acceptors (Lipinski definition) is 2. The largest absolute Gasteiger partial charge is 0.468 e. The van der Waals surface area contributed by atoms with Crippen LogP contribution in [0.5, 0.6) is 0 Å². The van der Waals surface area contributed by atoms with Crippen molar-refractivity contribution in [2.45, 2.75) is 19.5 Å². The summed E-state index contributed by atoms with van der Waals surface area (Å²) in [6.45, 7) is 2.48. The van der Waals surface area contributed by atoms with Gasteiger partial charge in [0.05, 0.1) is 12.3 Å². The average molecular weight is 254 g/mol. The second kappa shape index (κ2) is 5.34. The summed E-state index contributed by atoms with van der Waals surface area (Å²) in [5.41, 5.74) is 0.741. The maximum atomic E-state index is 13.0. The third-order valence-corrected chi connectivity index (χ3v) is 2.95. The third-order valence-electron chi connectivity index (χ3n) is 2.58. The number of halogens is 2. The molecule has 0 amide bonds. The summed E-state index contributed by atoms with van der Waals surface area (Å²) in [7, 11) is 0. The molecule has 0 spiro atoms. The summed E-state index contributed by atoms with van der Waals surface area (Å²) in [5.74, 6) is 0.564. The quantitative estimate of drug-likeness (QED) is 0.893. The predicted molar refractivity (Wildman–Crippen MR) is 65.4 cm³/mol. The lowest BCUT2D eigenvalue weighted by molar-refractivity contribution is 0.430. The van der Waals surface area contributed by atoms with Gasteiger partial charge < -0.3 is 9.73 Å². The summed E-state index contributed by atoms with van der Waals surface area (Å²) < 4.78 is 18.3. The second-order valence-electron chi connectivity index (χ2n) is 3.85. The van der Waals surface area contributed by atoms with Crippen LogP contribution in [0.4, 0.5) is 4.39 Å². The van der Waals surface area contributed by atoms with Crippen LogP contribution in [0.3, 0.4) is 0 Å². The van der Waals surface area contributed by atoms with E-state index < -0.39 is 0 Å². The number of furan rings is 1. The van der Waals surface area contributed by atoms with Gasteiger partial charge in [-0.05, 0) is 42.8 Å². The molecule has 0 saturated carbocycles. The van der Waals surface area contributed by atoms with Crippen molar-refractivity contribution in [3.05, 3.63) is 58.8 Å². The normalized spacial score (nSPS) is 12.6. The molecule has 1 heterocycles. The lowest BCUT2D eigenvalue weighted by Crippen LogP contribution is -2.17. The predicted octanol–water partition coefficient (Wildman–Crippen LogP) is 3.92. The molecule has 0 fully saturated rings. The summed E-state index contributed by atoms with van der Waals surface area (Å²) >= 11 is 5.97. The number of rotatable bonds is 4. The molecule has 2 nitrogen and oxygen atoms in total. The fourth-order valence-electron chi connectivity index (χ4n) is 1.58. The maximum Gasteiger partial charge on any atom is 0.123 e. The number of hydrogen-bond donors (Lipinski definition) is 1. The van der Waals surface area contributed by atoms with Crippen molar-refractivity contribution in [3.63, 3.8) is 0 Å². The van der Waals surface area contributed by atoms with Gasteiger partial charge in [0.25, 0.3) is 0 Å². The van der Waals surface area contributed by atoms with E-state index in [1.54, 1.807) is 12.3 Å². The molecular formula is C13H13ClFNO. The first-order valence-corrected chi connectivity index (χ1v) is 5.75. The fourth-order valence-corrected chi connectivity index (χ4v) is 1.76. The van der Waals surface area contributed by atoms with Gasteiger partial charge >= 0.3 is 0 Å². The van der Waals surface area contributed by atoms with Gasteiger partial charge in [0, 0.05) is 11.6 Å². The molecule has 1 aromatic carbocycles. The van der Waals surface area contributed by atoms with E-state index in [9.17, 15) is 4.39 Å². The highest BCUT2D eigenvalue weighted by molar-refractivity contribution is 6.31. The summed E-state index contributed by atoms with van der Waals surface area (Å²) in [6, 6.07) is 8.13. The Balaban J connectivity index is 2.00. The first-order chi connectivity index (χ1) is 8.16. The SMILES string of the molecule is C[C@H](NCc1cc(F)ccc1Cl)c1ccco1. The molecule has 1 aromatic heterocycles. The highest BCUT2D eigenvalue weighted by atomic mass is 35.5. The van der Waals surface area contributed by atoms with Crippen LogP contribution < -0.4 is 5.32 Å². The standard InChI is InChI=1S/C13H13ClFNO/c1-9(13-3-2-6-17-13)16-8-10-7-11(15)4-5-12(10)14/h2-7,9,16H,8H2,1H3/t9-/m0/s1. The average Bonchev–Trinajstić information content (AvgIpc) is 2.83. The Morgan fingerprint density at radius 3 is 2.94 bits per heavy atom. The van der Waals surface area contributed by atoms with Gasteiger partial charge in [0.1, 0.15) is 11.6 Å². The van der Waals surface area contributed by atoms with E-state index >= 15 is 0 Å². The summed E-state index contributed by atoms with van der Waals surface area (Å²) in [5, 5.41) is 3.79. The molecule has 0 aliphatic carbocycles. The van der Waals surface area contributed by atoms with Crippen LogP contribution in [0, 0.1) is 5.82 Å². The van der Waals surface area contributed by atoms with Crippen molar-refractivity contribution >= 4 is 11.6 Å². The van der Waals surface area contributed by atoms with Crippen LogP contribution in [0.25, 0.3) is 0 Å². The Morgan fingerprint density at radius 1 is 1.41 bits per heavy atom. The molecule has 0 radical (unpaired) electrons. The van der Waals surface area contributed by atoms with E-state index in [2.05, 4.69) is 5.32 Å². The number of benzene rings is 1. The lowest BCUT2D eigenvalue weighted by Gasteiger charge is -2.12. The van der Waals surface area contributed by atoms with Crippen LogP contribution in [-0.2, 0) is 6.54 Å². The van der Waals surface area contributed by atoms with Crippen molar-refractivity contribution in [3.8, 4) is 0 Å². The zero-order valence-corrected chi connectivity index (χ0v) is 10.2. The van der Waals surface area contributed by atoms with Crippen molar-refractivity contribution < 1.29 is 8.81 Å². The minimum Gasteiger partial charge on any atom is -0.468 e. The van der Waals surface area contributed by atoms with Crippen molar-refractivity contribution in [1.29, 1.82) is 0 Å². The lowest BCUT2D eigenvalue weighted by atomic mass is 10.2. The van der Waals surface area contributed by atoms with Crippen LogP contribution in [-0.4, -0.2) is 0 Å². The van der Waals surface area contributed by atoms with Gasteiger partial charge in [-0.3, -0.25) is 0 Å². The van der Waals surface area contributed by atoms with E-state index in [-0.39, 0.29) is 11.9 Å². The Bertz CT molecular complexity index is 484. The van der Waals surface area contributed by atoms with Crippen molar-refractivity contribution in [2.24, 2.45) is 0 Å². The molecule has 0 bridgehead atoms. The molecular weight excluding hydrogens is 241 g/mol. The van der Waals surface area contributed by atoms with Gasteiger partial charge in [-0.2, -0.15) is 0 Å². The van der Waals surface area contributed by atoms with Crippen LogP contribution in [0.1, 0.15) is 24.3 Å². The van der Waals surface area contributed by atoms with E-state index in [0.29, 0.717) is 11.6 Å². The van der Waals surface area contributed by atoms with Crippen LogP contribution in [0.15, 0.2) is 41.0 Å². The van der Waals surface area contributed by atoms with E-state index in [1.165, 1.54) is 12.1 Å². The van der Waals surface area contributed by atoms with Crippen LogP contribution in [0.2, 0.25) is 5.02 Å². The molecule has 0 aliphatic heterocycles.